The van der Waals surface area contributed by atoms with E-state index in [1.54, 1.807) is 5.57 Å². The Morgan fingerprint density at radius 3 is 2.73 bits per heavy atom. The van der Waals surface area contributed by atoms with Crippen LogP contribution in [0.25, 0.3) is 0 Å². The molecular formula is C25H37I. The van der Waals surface area contributed by atoms with E-state index >= 15 is 0 Å². The zero-order valence-electron chi connectivity index (χ0n) is 17.2. The molecule has 0 aromatic rings. The Balaban J connectivity index is 1.82. The van der Waals surface area contributed by atoms with Gasteiger partial charge in [0.15, 0.2) is 0 Å². The van der Waals surface area contributed by atoms with Gasteiger partial charge in [-0.2, -0.15) is 0 Å². The molecule has 26 heavy (non-hydrogen) atoms. The summed E-state index contributed by atoms with van der Waals surface area (Å²) < 4.78 is 2.22. The highest BCUT2D eigenvalue weighted by Gasteiger charge is 2.50. The molecule has 3 aliphatic rings. The quantitative estimate of drug-likeness (QED) is 0.369. The number of halogens is 1. The number of allylic oxidation sites excluding steroid dienone is 6. The van der Waals surface area contributed by atoms with Crippen LogP contribution >= 0.6 is 22.6 Å². The Labute approximate surface area is 175 Å². The third kappa shape index (κ3) is 3.93. The summed E-state index contributed by atoms with van der Waals surface area (Å²) in [6, 6.07) is 0. The van der Waals surface area contributed by atoms with Crippen LogP contribution in [0.1, 0.15) is 72.6 Å². The van der Waals surface area contributed by atoms with Gasteiger partial charge in [0.2, 0.25) is 0 Å². The van der Waals surface area contributed by atoms with Gasteiger partial charge in [-0.3, -0.25) is 0 Å². The van der Waals surface area contributed by atoms with Crippen molar-refractivity contribution in [1.82, 2.24) is 0 Å². The van der Waals surface area contributed by atoms with E-state index in [-0.39, 0.29) is 0 Å². The molecule has 6 atom stereocenters. The number of fused-ring (bicyclic) bond motifs is 1. The molecule has 0 aromatic heterocycles. The van der Waals surface area contributed by atoms with Gasteiger partial charge in [0.25, 0.3) is 0 Å². The van der Waals surface area contributed by atoms with Crippen molar-refractivity contribution < 1.29 is 0 Å². The second-order valence-corrected chi connectivity index (χ2v) is 10.4. The molecule has 0 aliphatic heterocycles. The lowest BCUT2D eigenvalue weighted by Gasteiger charge is -2.44. The molecule has 0 saturated heterocycles. The first-order chi connectivity index (χ1) is 12.4. The van der Waals surface area contributed by atoms with Gasteiger partial charge >= 0.3 is 0 Å². The van der Waals surface area contributed by atoms with Crippen LogP contribution in [0.5, 0.6) is 0 Å². The van der Waals surface area contributed by atoms with Gasteiger partial charge in [-0.1, -0.05) is 80.7 Å². The summed E-state index contributed by atoms with van der Waals surface area (Å²) in [5, 5.41) is 0. The Hall–Kier alpha value is -0.310. The van der Waals surface area contributed by atoms with Crippen LogP contribution in [-0.2, 0) is 0 Å². The minimum absolute atomic E-state index is 0.502. The van der Waals surface area contributed by atoms with Crippen molar-refractivity contribution in [3.05, 3.63) is 45.6 Å². The predicted molar refractivity (Wildman–Crippen MR) is 123 cm³/mol. The predicted octanol–water partition coefficient (Wildman–Crippen LogP) is 8.26. The normalized spacial score (nSPS) is 42.6. The molecule has 3 rings (SSSR count). The topological polar surface area (TPSA) is 0 Å². The molecule has 1 unspecified atom stereocenters. The van der Waals surface area contributed by atoms with E-state index in [1.165, 1.54) is 56.1 Å². The van der Waals surface area contributed by atoms with Gasteiger partial charge in [0.1, 0.15) is 0 Å². The van der Waals surface area contributed by atoms with Gasteiger partial charge in [0, 0.05) is 0 Å². The van der Waals surface area contributed by atoms with Crippen LogP contribution in [0.4, 0.5) is 0 Å². The highest BCUT2D eigenvalue weighted by molar-refractivity contribution is 14.1. The van der Waals surface area contributed by atoms with Crippen molar-refractivity contribution in [3.63, 3.8) is 0 Å². The maximum absolute atomic E-state index is 4.40. The molecule has 1 heteroatoms. The number of hydrogen-bond acceptors (Lipinski definition) is 0. The smallest absolute Gasteiger partial charge is 0.0143 e. The lowest BCUT2D eigenvalue weighted by atomic mass is 9.61. The van der Waals surface area contributed by atoms with Crippen molar-refractivity contribution in [2.45, 2.75) is 72.6 Å². The van der Waals surface area contributed by atoms with Crippen LogP contribution in [0, 0.1) is 35.0 Å². The van der Waals surface area contributed by atoms with E-state index in [0.29, 0.717) is 17.3 Å². The van der Waals surface area contributed by atoms with Crippen LogP contribution in [0.2, 0.25) is 0 Å². The molecule has 0 aromatic carbocycles. The van der Waals surface area contributed by atoms with Gasteiger partial charge in [0.05, 0.1) is 0 Å². The fourth-order valence-electron chi connectivity index (χ4n) is 6.43. The molecule has 3 aliphatic carbocycles. The number of rotatable bonds is 3. The fourth-order valence-corrected chi connectivity index (χ4v) is 7.08. The summed E-state index contributed by atoms with van der Waals surface area (Å²) in [6.07, 6.45) is 16.8. The standard InChI is InChI=1S/C25H37I/c1-17-15-19(3)20(4)22(16-17)9-8-21-7-6-13-25(5)23(10-11-24(21)25)18(2)12-14-26/h8-9,12,14,17-19,23-24H,4,6-7,10-11,13,15-16H2,1-3,5H3/b14-12+,21-8+,22-9-/t17-,18+,19-,23?,24-,25+/m0/s1. The van der Waals surface area contributed by atoms with E-state index in [0.717, 1.165) is 17.8 Å². The maximum atomic E-state index is 4.40. The molecule has 0 radical (unpaired) electrons. The summed E-state index contributed by atoms with van der Waals surface area (Å²) in [6.45, 7) is 14.2. The van der Waals surface area contributed by atoms with Gasteiger partial charge in [-0.05, 0) is 95.2 Å². The first kappa shape index (κ1) is 20.4. The van der Waals surface area contributed by atoms with Crippen LogP contribution in [-0.4, -0.2) is 0 Å². The Bertz CT molecular complexity index is 622. The molecule has 3 fully saturated rings. The molecular weight excluding hydrogens is 427 g/mol. The second kappa shape index (κ2) is 8.37. The van der Waals surface area contributed by atoms with Crippen molar-refractivity contribution in [2.24, 2.45) is 35.0 Å². The molecule has 0 N–H and O–H groups in total. The van der Waals surface area contributed by atoms with Gasteiger partial charge in [-0.15, -0.1) is 0 Å². The first-order valence-electron chi connectivity index (χ1n) is 10.7. The minimum Gasteiger partial charge on any atom is -0.0953 e. The van der Waals surface area contributed by atoms with E-state index in [2.05, 4.69) is 79.2 Å². The first-order valence-corrected chi connectivity index (χ1v) is 12.0. The number of hydrogen-bond donors (Lipinski definition) is 0. The molecule has 0 amide bonds. The van der Waals surface area contributed by atoms with E-state index < -0.39 is 0 Å². The molecule has 0 spiro atoms. The van der Waals surface area contributed by atoms with Crippen molar-refractivity contribution in [3.8, 4) is 0 Å². The summed E-state index contributed by atoms with van der Waals surface area (Å²) in [5.74, 6) is 3.80. The van der Waals surface area contributed by atoms with E-state index in [4.69, 9.17) is 0 Å². The zero-order valence-corrected chi connectivity index (χ0v) is 19.4. The zero-order chi connectivity index (χ0) is 18.9. The van der Waals surface area contributed by atoms with Crippen LogP contribution < -0.4 is 0 Å². The molecule has 144 valence electrons. The average molecular weight is 464 g/mol. The van der Waals surface area contributed by atoms with E-state index in [9.17, 15) is 0 Å². The highest BCUT2D eigenvalue weighted by Crippen LogP contribution is 2.59. The van der Waals surface area contributed by atoms with Crippen molar-refractivity contribution in [1.29, 1.82) is 0 Å². The monoisotopic (exact) mass is 464 g/mol. The Morgan fingerprint density at radius 2 is 2.00 bits per heavy atom. The Morgan fingerprint density at radius 1 is 1.23 bits per heavy atom. The molecule has 0 heterocycles. The Kier molecular flexibility index (Phi) is 6.57. The summed E-state index contributed by atoms with van der Waals surface area (Å²) >= 11 is 2.38. The highest BCUT2D eigenvalue weighted by atomic mass is 127. The maximum Gasteiger partial charge on any atom is -0.0143 e. The third-order valence-corrected chi connectivity index (χ3v) is 8.29. The van der Waals surface area contributed by atoms with Crippen LogP contribution in [0.3, 0.4) is 0 Å². The lowest BCUT2D eigenvalue weighted by Crippen LogP contribution is -2.35. The third-order valence-electron chi connectivity index (χ3n) is 7.88. The lowest BCUT2D eigenvalue weighted by molar-refractivity contribution is 0.112. The van der Waals surface area contributed by atoms with Crippen molar-refractivity contribution in [2.75, 3.05) is 0 Å². The molecule has 0 nitrogen and oxygen atoms in total. The second-order valence-electron chi connectivity index (χ2n) is 9.68. The fraction of sp³-hybridized carbons (Fsp3) is 0.680. The van der Waals surface area contributed by atoms with Crippen LogP contribution in [0.15, 0.2) is 45.6 Å². The molecule has 3 saturated carbocycles. The molecule has 0 bridgehead atoms. The van der Waals surface area contributed by atoms with Crippen molar-refractivity contribution >= 4 is 22.6 Å². The summed E-state index contributed by atoms with van der Waals surface area (Å²) in [4.78, 5) is 0. The summed E-state index contributed by atoms with van der Waals surface area (Å²) in [7, 11) is 0. The van der Waals surface area contributed by atoms with Gasteiger partial charge < -0.3 is 0 Å². The summed E-state index contributed by atoms with van der Waals surface area (Å²) in [5.41, 5.74) is 5.15. The van der Waals surface area contributed by atoms with E-state index in [1.807, 2.05) is 0 Å². The SMILES string of the molecule is C=C1/C(=C\C=C2/CCC[C@]3(C)C([C@H](C)/C=C/I)CC[C@@H]23)C[C@@H](C)C[C@@H]1C. The average Bonchev–Trinajstić information content (AvgIpc) is 2.94. The van der Waals surface area contributed by atoms with Gasteiger partial charge in [-0.25, -0.2) is 0 Å². The minimum atomic E-state index is 0.502. The largest absolute Gasteiger partial charge is 0.0953 e.